The Morgan fingerprint density at radius 2 is 2.07 bits per heavy atom. The van der Waals surface area contributed by atoms with E-state index in [0.29, 0.717) is 6.42 Å². The van der Waals surface area contributed by atoms with Gasteiger partial charge in [0.25, 0.3) is 0 Å². The number of hydrogen-bond acceptors (Lipinski definition) is 3. The van der Waals surface area contributed by atoms with Crippen molar-refractivity contribution in [3.05, 3.63) is 12.7 Å². The number of hydrogen-bond donors (Lipinski definition) is 0. The zero-order valence-corrected chi connectivity index (χ0v) is 11.7. The molecule has 0 N–H and O–H groups in total. The Kier molecular flexibility index (Phi) is 7.17. The van der Waals surface area contributed by atoms with E-state index in [1.807, 2.05) is 13.8 Å². The molecule has 3 nitrogen and oxygen atoms in total. The lowest BCUT2D eigenvalue weighted by molar-refractivity contribution is -0.156. The van der Waals surface area contributed by atoms with Crippen LogP contribution in [0.15, 0.2) is 12.7 Å². The van der Waals surface area contributed by atoms with Crippen molar-refractivity contribution in [1.29, 1.82) is 0 Å². The normalized spacial score (nSPS) is 13.3. The fourth-order valence-electron chi connectivity index (χ4n) is 1.36. The highest BCUT2D eigenvalue weighted by Crippen LogP contribution is 2.29. The Morgan fingerprint density at radius 3 is 2.40 bits per heavy atom. The number of esters is 1. The van der Waals surface area contributed by atoms with Crippen LogP contribution in [0.25, 0.3) is 0 Å². The molecule has 0 bridgehead atoms. The second kappa shape index (κ2) is 7.22. The van der Waals surface area contributed by atoms with Crippen molar-refractivity contribution in [2.45, 2.75) is 42.8 Å². The molecule has 0 saturated heterocycles. The molecule has 0 aliphatic heterocycles. The number of methoxy groups -OCH3 is 1. The molecule has 88 valence electrons. The first-order valence-corrected chi connectivity index (χ1v) is 6.30. The van der Waals surface area contributed by atoms with Gasteiger partial charge in [-0.05, 0) is 12.8 Å². The van der Waals surface area contributed by atoms with Crippen molar-refractivity contribution in [2.75, 3.05) is 7.11 Å². The lowest BCUT2D eigenvalue weighted by Crippen LogP contribution is -2.36. The molecular weight excluding hydrogens is 307 g/mol. The average Bonchev–Trinajstić information content (AvgIpc) is 2.27. The number of alkyl halides is 1. The van der Waals surface area contributed by atoms with E-state index in [-0.39, 0.29) is 10.1 Å². The number of ether oxygens (including phenoxy) is 2. The van der Waals surface area contributed by atoms with E-state index >= 15 is 0 Å². The molecule has 1 unspecified atom stereocenters. The van der Waals surface area contributed by atoms with Gasteiger partial charge in [0.2, 0.25) is 0 Å². The summed E-state index contributed by atoms with van der Waals surface area (Å²) in [6.07, 6.45) is 3.48. The quantitative estimate of drug-likeness (QED) is 0.312. The molecule has 0 aliphatic carbocycles. The molecule has 15 heavy (non-hydrogen) atoms. The number of carbonyl (C=O) groups is 1. The summed E-state index contributed by atoms with van der Waals surface area (Å²) in [5.41, 5.74) is -0.423. The van der Waals surface area contributed by atoms with Gasteiger partial charge in [0.15, 0.2) is 0 Å². The van der Waals surface area contributed by atoms with E-state index in [1.165, 1.54) is 6.08 Å². The van der Waals surface area contributed by atoms with Crippen molar-refractivity contribution in [2.24, 2.45) is 0 Å². The van der Waals surface area contributed by atoms with Crippen LogP contribution in [0, 0.1) is 0 Å². The molecule has 4 heteroatoms. The standard InChI is InChI=1S/C11H19IO3/c1-5-10(13)15-11(6-2,7-3)8-9(12)14-4/h5,9H,1,6-8H2,2-4H3. The maximum atomic E-state index is 11.2. The highest BCUT2D eigenvalue weighted by molar-refractivity contribution is 14.1. The molecule has 0 aliphatic rings. The Labute approximate surface area is 105 Å². The van der Waals surface area contributed by atoms with Crippen LogP contribution < -0.4 is 0 Å². The average molecular weight is 326 g/mol. The summed E-state index contributed by atoms with van der Waals surface area (Å²) in [7, 11) is 1.66. The second-order valence-electron chi connectivity index (χ2n) is 3.37. The number of carbonyl (C=O) groups excluding carboxylic acids is 1. The van der Waals surface area contributed by atoms with Gasteiger partial charge in [0.05, 0.1) is 0 Å². The van der Waals surface area contributed by atoms with Gasteiger partial charge >= 0.3 is 5.97 Å². The maximum absolute atomic E-state index is 11.2. The zero-order valence-electron chi connectivity index (χ0n) is 9.59. The van der Waals surface area contributed by atoms with E-state index in [9.17, 15) is 4.79 Å². The molecule has 1 atom stereocenters. The molecule has 0 aromatic heterocycles. The summed E-state index contributed by atoms with van der Waals surface area (Å²) in [6, 6.07) is 0. The van der Waals surface area contributed by atoms with Crippen LogP contribution in [0.2, 0.25) is 0 Å². The third kappa shape index (κ3) is 4.97. The van der Waals surface area contributed by atoms with Crippen LogP contribution in [0.3, 0.4) is 0 Å². The minimum Gasteiger partial charge on any atom is -0.456 e. The summed E-state index contributed by atoms with van der Waals surface area (Å²) < 4.78 is 10.7. The molecule has 0 aromatic carbocycles. The van der Waals surface area contributed by atoms with Gasteiger partial charge < -0.3 is 9.47 Å². The van der Waals surface area contributed by atoms with Crippen molar-refractivity contribution in [3.63, 3.8) is 0 Å². The molecule has 0 radical (unpaired) electrons. The fraction of sp³-hybridized carbons (Fsp3) is 0.727. The Balaban J connectivity index is 4.56. The van der Waals surface area contributed by atoms with Gasteiger partial charge in [0, 0.05) is 19.6 Å². The monoisotopic (exact) mass is 326 g/mol. The number of halogens is 1. The van der Waals surface area contributed by atoms with E-state index in [0.717, 1.165) is 12.8 Å². The van der Waals surface area contributed by atoms with Crippen molar-refractivity contribution < 1.29 is 14.3 Å². The largest absolute Gasteiger partial charge is 0.456 e. The Hall–Kier alpha value is -0.100. The smallest absolute Gasteiger partial charge is 0.330 e. The molecule has 0 spiro atoms. The molecular formula is C11H19IO3. The molecule has 0 rings (SSSR count). The first kappa shape index (κ1) is 14.9. The summed E-state index contributed by atoms with van der Waals surface area (Å²) in [5.74, 6) is -0.363. The maximum Gasteiger partial charge on any atom is 0.330 e. The van der Waals surface area contributed by atoms with Crippen LogP contribution in [-0.4, -0.2) is 22.8 Å². The van der Waals surface area contributed by atoms with E-state index in [4.69, 9.17) is 9.47 Å². The van der Waals surface area contributed by atoms with Crippen molar-refractivity contribution in [3.8, 4) is 0 Å². The second-order valence-corrected chi connectivity index (χ2v) is 4.75. The van der Waals surface area contributed by atoms with Gasteiger partial charge in [-0.15, -0.1) is 0 Å². The molecule has 0 heterocycles. The third-order valence-electron chi connectivity index (χ3n) is 2.56. The van der Waals surface area contributed by atoms with Crippen LogP contribution in [0.4, 0.5) is 0 Å². The van der Waals surface area contributed by atoms with E-state index in [2.05, 4.69) is 29.2 Å². The molecule has 0 saturated carbocycles. The fourth-order valence-corrected chi connectivity index (χ4v) is 2.16. The van der Waals surface area contributed by atoms with Crippen LogP contribution in [0.5, 0.6) is 0 Å². The van der Waals surface area contributed by atoms with Crippen LogP contribution in [0.1, 0.15) is 33.1 Å². The van der Waals surface area contributed by atoms with Gasteiger partial charge in [-0.1, -0.05) is 43.0 Å². The van der Waals surface area contributed by atoms with Crippen molar-refractivity contribution in [1.82, 2.24) is 0 Å². The van der Waals surface area contributed by atoms with Crippen LogP contribution >= 0.6 is 22.6 Å². The summed E-state index contributed by atoms with van der Waals surface area (Å²) in [4.78, 5) is 11.2. The number of rotatable bonds is 7. The van der Waals surface area contributed by atoms with Gasteiger partial charge in [-0.3, -0.25) is 0 Å². The summed E-state index contributed by atoms with van der Waals surface area (Å²) in [5, 5.41) is 0. The first-order chi connectivity index (χ1) is 7.03. The predicted molar refractivity (Wildman–Crippen MR) is 69.0 cm³/mol. The predicted octanol–water partition coefficient (Wildman–Crippen LogP) is 3.07. The molecule has 0 fully saturated rings. The lowest BCUT2D eigenvalue weighted by atomic mass is 9.93. The minimum atomic E-state index is -0.423. The Bertz CT molecular complexity index is 212. The lowest BCUT2D eigenvalue weighted by Gasteiger charge is -2.32. The summed E-state index contributed by atoms with van der Waals surface area (Å²) >= 11 is 2.20. The van der Waals surface area contributed by atoms with Gasteiger partial charge in [0.1, 0.15) is 9.71 Å². The SMILES string of the molecule is C=CC(=O)OC(CC)(CC)CC(I)OC. The van der Waals surface area contributed by atoms with E-state index in [1.54, 1.807) is 7.11 Å². The highest BCUT2D eigenvalue weighted by Gasteiger charge is 2.32. The minimum absolute atomic E-state index is 0.0557. The molecule has 0 aromatic rings. The molecule has 0 amide bonds. The Morgan fingerprint density at radius 1 is 1.53 bits per heavy atom. The third-order valence-corrected chi connectivity index (χ3v) is 3.51. The summed E-state index contributed by atoms with van der Waals surface area (Å²) in [6.45, 7) is 7.43. The van der Waals surface area contributed by atoms with Crippen molar-refractivity contribution >= 4 is 28.6 Å². The van der Waals surface area contributed by atoms with Crippen LogP contribution in [-0.2, 0) is 14.3 Å². The highest BCUT2D eigenvalue weighted by atomic mass is 127. The first-order valence-electron chi connectivity index (χ1n) is 5.05. The zero-order chi connectivity index (χ0) is 11.9. The van der Waals surface area contributed by atoms with E-state index < -0.39 is 5.60 Å². The van der Waals surface area contributed by atoms with Gasteiger partial charge in [-0.2, -0.15) is 0 Å². The topological polar surface area (TPSA) is 35.5 Å². The van der Waals surface area contributed by atoms with Gasteiger partial charge in [-0.25, -0.2) is 4.79 Å².